The summed E-state index contributed by atoms with van der Waals surface area (Å²) >= 11 is 0. The fourth-order valence-electron chi connectivity index (χ4n) is 2.48. The van der Waals surface area contributed by atoms with Gasteiger partial charge in [0.15, 0.2) is 0 Å². The van der Waals surface area contributed by atoms with Gasteiger partial charge in [-0.05, 0) is 17.8 Å². The molecule has 0 aromatic carbocycles. The largest absolute Gasteiger partial charge is 0.480 e. The van der Waals surface area contributed by atoms with E-state index in [0.29, 0.717) is 6.42 Å². The molecule has 0 aromatic rings. The molecule has 0 fully saturated rings. The van der Waals surface area contributed by atoms with Crippen molar-refractivity contribution in [1.82, 2.24) is 16.0 Å². The van der Waals surface area contributed by atoms with Crippen LogP contribution in [0.2, 0.25) is 0 Å². The van der Waals surface area contributed by atoms with Crippen molar-refractivity contribution in [3.05, 3.63) is 0 Å². The number of hydrogen-bond donors (Lipinski definition) is 5. The summed E-state index contributed by atoms with van der Waals surface area (Å²) in [6.45, 7) is 10.5. The van der Waals surface area contributed by atoms with Crippen LogP contribution in [0.25, 0.3) is 0 Å². The van der Waals surface area contributed by atoms with Gasteiger partial charge in [-0.1, -0.05) is 54.4 Å². The maximum absolute atomic E-state index is 12.5. The van der Waals surface area contributed by atoms with Crippen LogP contribution in [-0.2, 0) is 19.2 Å². The van der Waals surface area contributed by atoms with Gasteiger partial charge < -0.3 is 26.8 Å². The van der Waals surface area contributed by atoms with Crippen molar-refractivity contribution in [3.8, 4) is 0 Å². The first-order valence-electron chi connectivity index (χ1n) is 9.81. The van der Waals surface area contributed by atoms with Gasteiger partial charge in [-0.3, -0.25) is 14.4 Å². The summed E-state index contributed by atoms with van der Waals surface area (Å²) in [6.07, 6.45) is 1.37. The van der Waals surface area contributed by atoms with Gasteiger partial charge in [-0.15, -0.1) is 0 Å². The first-order chi connectivity index (χ1) is 13.0. The molecule has 5 atom stereocenters. The zero-order valence-corrected chi connectivity index (χ0v) is 17.7. The molecule has 0 radical (unpaired) electrons. The molecule has 0 aromatic heterocycles. The zero-order chi connectivity index (χ0) is 22.0. The highest BCUT2D eigenvalue weighted by Gasteiger charge is 2.30. The molecule has 3 amide bonds. The summed E-state index contributed by atoms with van der Waals surface area (Å²) in [4.78, 5) is 48.0. The first-order valence-corrected chi connectivity index (χ1v) is 9.81. The van der Waals surface area contributed by atoms with Gasteiger partial charge in [0.25, 0.3) is 0 Å². The van der Waals surface area contributed by atoms with Crippen LogP contribution in [-0.4, -0.2) is 53.5 Å². The second-order valence-corrected chi connectivity index (χ2v) is 7.63. The number of carboxylic acids is 1. The Morgan fingerprint density at radius 2 is 1.39 bits per heavy atom. The Balaban J connectivity index is 4.93. The molecule has 0 spiro atoms. The number of carbonyl (C=O) groups excluding carboxylic acids is 3. The van der Waals surface area contributed by atoms with Crippen molar-refractivity contribution < 1.29 is 24.3 Å². The van der Waals surface area contributed by atoms with E-state index in [0.717, 1.165) is 6.42 Å². The van der Waals surface area contributed by atoms with Gasteiger partial charge in [-0.25, -0.2) is 4.79 Å². The van der Waals surface area contributed by atoms with Crippen LogP contribution in [0.5, 0.6) is 0 Å². The Labute approximate surface area is 167 Å². The van der Waals surface area contributed by atoms with Crippen molar-refractivity contribution in [3.63, 3.8) is 0 Å². The van der Waals surface area contributed by atoms with Crippen molar-refractivity contribution in [1.29, 1.82) is 0 Å². The number of aliphatic carboxylic acids is 1. The van der Waals surface area contributed by atoms with Crippen LogP contribution in [0.1, 0.15) is 54.4 Å². The third-order valence-electron chi connectivity index (χ3n) is 5.03. The van der Waals surface area contributed by atoms with E-state index in [1.165, 1.54) is 0 Å². The Morgan fingerprint density at radius 3 is 1.82 bits per heavy atom. The average molecular weight is 401 g/mol. The molecule has 0 aliphatic rings. The molecule has 5 unspecified atom stereocenters. The van der Waals surface area contributed by atoms with Gasteiger partial charge in [0.1, 0.15) is 12.1 Å². The third kappa shape index (κ3) is 8.24. The van der Waals surface area contributed by atoms with Crippen LogP contribution in [0.3, 0.4) is 0 Å². The molecule has 0 rings (SSSR count). The van der Waals surface area contributed by atoms with Crippen molar-refractivity contribution in [2.24, 2.45) is 23.5 Å². The van der Waals surface area contributed by atoms with Crippen molar-refractivity contribution >= 4 is 23.7 Å². The Morgan fingerprint density at radius 1 is 0.857 bits per heavy atom. The molecule has 0 heterocycles. The third-order valence-corrected chi connectivity index (χ3v) is 5.03. The predicted octanol–water partition coefficient (Wildman–Crippen LogP) is 0.232. The van der Waals surface area contributed by atoms with Crippen LogP contribution in [0.15, 0.2) is 0 Å². The fourth-order valence-corrected chi connectivity index (χ4v) is 2.48. The minimum Gasteiger partial charge on any atom is -0.480 e. The summed E-state index contributed by atoms with van der Waals surface area (Å²) in [7, 11) is 0. The average Bonchev–Trinajstić information content (AvgIpc) is 2.65. The highest BCUT2D eigenvalue weighted by molar-refractivity contribution is 5.92. The van der Waals surface area contributed by atoms with E-state index in [1.807, 2.05) is 27.7 Å². The van der Waals surface area contributed by atoms with Gasteiger partial charge in [0.2, 0.25) is 17.7 Å². The maximum Gasteiger partial charge on any atom is 0.326 e. The van der Waals surface area contributed by atoms with E-state index in [2.05, 4.69) is 16.0 Å². The summed E-state index contributed by atoms with van der Waals surface area (Å²) in [6, 6.07) is -2.60. The summed E-state index contributed by atoms with van der Waals surface area (Å²) in [5, 5.41) is 16.6. The van der Waals surface area contributed by atoms with Crippen LogP contribution in [0.4, 0.5) is 0 Å². The van der Waals surface area contributed by atoms with E-state index in [1.54, 1.807) is 13.8 Å². The second-order valence-electron chi connectivity index (χ2n) is 7.63. The molecule has 9 heteroatoms. The topological polar surface area (TPSA) is 151 Å². The number of rotatable bonds is 12. The predicted molar refractivity (Wildman–Crippen MR) is 106 cm³/mol. The molecule has 162 valence electrons. The quantitative estimate of drug-likeness (QED) is 0.316. The number of amides is 3. The lowest BCUT2D eigenvalue weighted by molar-refractivity contribution is -0.143. The molecule has 0 saturated heterocycles. The lowest BCUT2D eigenvalue weighted by Crippen LogP contribution is -2.56. The Hall–Kier alpha value is -2.16. The van der Waals surface area contributed by atoms with E-state index in [-0.39, 0.29) is 24.3 Å². The van der Waals surface area contributed by atoms with E-state index in [9.17, 15) is 19.2 Å². The second kappa shape index (κ2) is 12.3. The molecular weight excluding hydrogens is 364 g/mol. The maximum atomic E-state index is 12.5. The lowest BCUT2D eigenvalue weighted by atomic mass is 9.95. The summed E-state index contributed by atoms with van der Waals surface area (Å²) < 4.78 is 0. The minimum absolute atomic E-state index is 0.0320. The number of carbonyl (C=O) groups is 4. The zero-order valence-electron chi connectivity index (χ0n) is 17.7. The van der Waals surface area contributed by atoms with Gasteiger partial charge in [0, 0.05) is 0 Å². The van der Waals surface area contributed by atoms with Crippen LogP contribution in [0, 0.1) is 17.8 Å². The Kier molecular flexibility index (Phi) is 11.4. The monoisotopic (exact) mass is 400 g/mol. The number of hydrogen-bond acceptors (Lipinski definition) is 5. The molecule has 0 bridgehead atoms. The highest BCUT2D eigenvalue weighted by atomic mass is 16.4. The SMILES string of the molecule is CCC(C)C(N)C(=O)NC(C(=O)NCC(=O)NC(C(=O)O)C(C)C)C(C)CC. The number of nitrogens with two attached hydrogens (primary N) is 1. The molecule has 0 aliphatic heterocycles. The summed E-state index contributed by atoms with van der Waals surface area (Å²) in [5.74, 6) is -3.17. The van der Waals surface area contributed by atoms with Crippen LogP contribution >= 0.6 is 0 Å². The molecule has 28 heavy (non-hydrogen) atoms. The molecule has 6 N–H and O–H groups in total. The first kappa shape index (κ1) is 25.8. The Bertz CT molecular complexity index is 552. The van der Waals surface area contributed by atoms with Crippen molar-refractivity contribution in [2.75, 3.05) is 6.54 Å². The molecule has 9 nitrogen and oxygen atoms in total. The molecular formula is C19H36N4O5. The normalized spacial score (nSPS) is 16.4. The number of carboxylic acid groups (broad SMARTS) is 1. The smallest absolute Gasteiger partial charge is 0.326 e. The van der Waals surface area contributed by atoms with Gasteiger partial charge in [0.05, 0.1) is 12.6 Å². The van der Waals surface area contributed by atoms with E-state index < -0.39 is 41.8 Å². The van der Waals surface area contributed by atoms with Gasteiger partial charge >= 0.3 is 5.97 Å². The van der Waals surface area contributed by atoms with Crippen LogP contribution < -0.4 is 21.7 Å². The standard InChI is InChI=1S/C19H36N4O5/c1-7-11(5)14(20)17(25)23-16(12(6)8-2)18(26)21-9-13(24)22-15(10(3)4)19(27)28/h10-12,14-16H,7-9,20H2,1-6H3,(H,21,26)(H,22,24)(H,23,25)(H,27,28). The minimum atomic E-state index is -1.14. The summed E-state index contributed by atoms with van der Waals surface area (Å²) in [5.41, 5.74) is 5.93. The van der Waals surface area contributed by atoms with E-state index >= 15 is 0 Å². The van der Waals surface area contributed by atoms with Crippen molar-refractivity contribution in [2.45, 2.75) is 72.5 Å². The highest BCUT2D eigenvalue weighted by Crippen LogP contribution is 2.11. The molecule has 0 aliphatic carbocycles. The fraction of sp³-hybridized carbons (Fsp3) is 0.789. The lowest BCUT2D eigenvalue weighted by Gasteiger charge is -2.26. The van der Waals surface area contributed by atoms with Gasteiger partial charge in [-0.2, -0.15) is 0 Å². The number of nitrogens with one attached hydrogen (secondary N) is 3. The van der Waals surface area contributed by atoms with E-state index in [4.69, 9.17) is 10.8 Å². The molecule has 0 saturated carbocycles.